The van der Waals surface area contributed by atoms with Crippen LogP contribution in [0.1, 0.15) is 28.3 Å². The van der Waals surface area contributed by atoms with Gasteiger partial charge in [-0.05, 0) is 65.9 Å². The number of thiazole rings is 1. The van der Waals surface area contributed by atoms with Crippen molar-refractivity contribution >= 4 is 50.1 Å². The monoisotopic (exact) mass is 477 g/mol. The Balaban J connectivity index is 1.41. The summed E-state index contributed by atoms with van der Waals surface area (Å²) in [6.45, 7) is 5.51. The van der Waals surface area contributed by atoms with Gasteiger partial charge in [-0.2, -0.15) is 0 Å². The van der Waals surface area contributed by atoms with E-state index in [-0.39, 0.29) is 11.9 Å². The Morgan fingerprint density at radius 1 is 1.08 bits per heavy atom. The van der Waals surface area contributed by atoms with Gasteiger partial charge in [0.25, 0.3) is 5.91 Å². The highest BCUT2D eigenvalue weighted by Crippen LogP contribution is 2.30. The highest BCUT2D eigenvalue weighted by atomic mass is 127. The van der Waals surface area contributed by atoms with Crippen LogP contribution in [0.4, 0.5) is 0 Å². The Morgan fingerprint density at radius 2 is 1.77 bits per heavy atom. The lowest BCUT2D eigenvalue weighted by Crippen LogP contribution is -2.49. The van der Waals surface area contributed by atoms with Crippen molar-refractivity contribution in [3.8, 4) is 0 Å². The van der Waals surface area contributed by atoms with E-state index in [1.165, 1.54) is 4.70 Å². The zero-order chi connectivity index (χ0) is 18.1. The van der Waals surface area contributed by atoms with Crippen LogP contribution < -0.4 is 0 Å². The number of rotatable bonds is 3. The third kappa shape index (κ3) is 3.63. The smallest absolute Gasteiger partial charge is 0.253 e. The fourth-order valence-corrected chi connectivity index (χ4v) is 4.73. The summed E-state index contributed by atoms with van der Waals surface area (Å²) in [6, 6.07) is 16.4. The first-order chi connectivity index (χ1) is 12.6. The summed E-state index contributed by atoms with van der Waals surface area (Å²) in [5.41, 5.74) is 1.85. The fourth-order valence-electron chi connectivity index (χ4n) is 3.31. The van der Waals surface area contributed by atoms with E-state index in [2.05, 4.69) is 52.6 Å². The lowest BCUT2D eigenvalue weighted by atomic mass is 10.1. The Labute approximate surface area is 171 Å². The summed E-state index contributed by atoms with van der Waals surface area (Å²) in [5.74, 6) is 0.133. The van der Waals surface area contributed by atoms with E-state index < -0.39 is 0 Å². The van der Waals surface area contributed by atoms with Gasteiger partial charge in [-0.25, -0.2) is 4.98 Å². The molecule has 0 radical (unpaired) electrons. The fraction of sp³-hybridized carbons (Fsp3) is 0.300. The molecule has 1 aromatic heterocycles. The SMILES string of the molecule is CC(c1nc2ccccc2s1)N1CCN(C(=O)c2ccc(I)cc2)CC1. The van der Waals surface area contributed by atoms with Gasteiger partial charge in [0.2, 0.25) is 0 Å². The van der Waals surface area contributed by atoms with Gasteiger partial charge in [0.1, 0.15) is 5.01 Å². The Kier molecular flexibility index (Phi) is 5.24. The molecular weight excluding hydrogens is 457 g/mol. The first kappa shape index (κ1) is 17.9. The van der Waals surface area contributed by atoms with E-state index in [0.29, 0.717) is 0 Å². The summed E-state index contributed by atoms with van der Waals surface area (Å²) < 4.78 is 2.38. The molecule has 134 valence electrons. The number of carbonyl (C=O) groups excluding carboxylic acids is 1. The molecule has 1 aliphatic rings. The van der Waals surface area contributed by atoms with Crippen LogP contribution in [0.2, 0.25) is 0 Å². The molecule has 6 heteroatoms. The van der Waals surface area contributed by atoms with Gasteiger partial charge in [-0.1, -0.05) is 12.1 Å². The quantitative estimate of drug-likeness (QED) is 0.525. The van der Waals surface area contributed by atoms with E-state index in [1.807, 2.05) is 35.2 Å². The van der Waals surface area contributed by atoms with Gasteiger partial charge < -0.3 is 4.90 Å². The van der Waals surface area contributed by atoms with Gasteiger partial charge in [0.15, 0.2) is 0 Å². The van der Waals surface area contributed by atoms with E-state index in [0.717, 1.165) is 45.8 Å². The molecule has 3 aromatic rings. The van der Waals surface area contributed by atoms with Crippen LogP contribution >= 0.6 is 33.9 Å². The number of halogens is 1. The molecule has 1 unspecified atom stereocenters. The lowest BCUT2D eigenvalue weighted by molar-refractivity contribution is 0.0582. The molecular formula is C20H20IN3OS. The van der Waals surface area contributed by atoms with Crippen molar-refractivity contribution in [3.63, 3.8) is 0 Å². The summed E-state index contributed by atoms with van der Waals surface area (Å²) >= 11 is 4.03. The maximum atomic E-state index is 12.7. The van der Waals surface area contributed by atoms with Crippen LogP contribution in [0.25, 0.3) is 10.2 Å². The summed E-state index contributed by atoms with van der Waals surface area (Å²) in [6.07, 6.45) is 0. The molecule has 0 bridgehead atoms. The number of piperazine rings is 1. The standard InChI is InChI=1S/C20H20IN3OS/c1-14(19-22-17-4-2-3-5-18(17)26-19)23-10-12-24(13-11-23)20(25)15-6-8-16(21)9-7-15/h2-9,14H,10-13H2,1H3. The summed E-state index contributed by atoms with van der Waals surface area (Å²) in [5, 5.41) is 1.16. The van der Waals surface area contributed by atoms with Crippen LogP contribution in [0, 0.1) is 3.57 Å². The number of hydrogen-bond acceptors (Lipinski definition) is 4. The highest BCUT2D eigenvalue weighted by molar-refractivity contribution is 14.1. The third-order valence-corrected chi connectivity index (χ3v) is 6.83. The average Bonchev–Trinajstić information content (AvgIpc) is 3.12. The number of aromatic nitrogens is 1. The van der Waals surface area contributed by atoms with Crippen LogP contribution in [0.5, 0.6) is 0 Å². The Bertz CT molecular complexity index is 883. The molecule has 0 aliphatic carbocycles. The maximum absolute atomic E-state index is 12.7. The average molecular weight is 477 g/mol. The second-order valence-electron chi connectivity index (χ2n) is 6.53. The van der Waals surface area contributed by atoms with Crippen LogP contribution in [0.15, 0.2) is 48.5 Å². The van der Waals surface area contributed by atoms with Crippen LogP contribution in [0.3, 0.4) is 0 Å². The zero-order valence-electron chi connectivity index (χ0n) is 14.6. The number of para-hydroxylation sites is 1. The second-order valence-corrected chi connectivity index (χ2v) is 8.84. The van der Waals surface area contributed by atoms with Gasteiger partial charge in [-0.15, -0.1) is 11.3 Å². The molecule has 0 saturated carbocycles. The normalized spacial score (nSPS) is 16.8. The van der Waals surface area contributed by atoms with Crippen molar-refractivity contribution in [1.29, 1.82) is 0 Å². The molecule has 1 fully saturated rings. The molecule has 2 aromatic carbocycles. The number of fused-ring (bicyclic) bond motifs is 1. The molecule has 0 N–H and O–H groups in total. The summed E-state index contributed by atoms with van der Waals surface area (Å²) in [4.78, 5) is 21.9. The van der Waals surface area contributed by atoms with Crippen molar-refractivity contribution in [2.24, 2.45) is 0 Å². The van der Waals surface area contributed by atoms with E-state index >= 15 is 0 Å². The van der Waals surface area contributed by atoms with Crippen molar-refractivity contribution in [2.75, 3.05) is 26.2 Å². The van der Waals surface area contributed by atoms with Crippen molar-refractivity contribution in [2.45, 2.75) is 13.0 Å². The van der Waals surface area contributed by atoms with E-state index in [9.17, 15) is 4.79 Å². The predicted molar refractivity (Wildman–Crippen MR) is 115 cm³/mol. The molecule has 1 aliphatic heterocycles. The molecule has 4 nitrogen and oxygen atoms in total. The van der Waals surface area contributed by atoms with Crippen LogP contribution in [-0.2, 0) is 0 Å². The van der Waals surface area contributed by atoms with Gasteiger partial charge in [0, 0.05) is 35.3 Å². The number of nitrogens with zero attached hydrogens (tertiary/aromatic N) is 3. The first-order valence-corrected chi connectivity index (χ1v) is 10.7. The van der Waals surface area contributed by atoms with Gasteiger partial charge in [0.05, 0.1) is 16.3 Å². The minimum atomic E-state index is 0.133. The maximum Gasteiger partial charge on any atom is 0.253 e. The topological polar surface area (TPSA) is 36.4 Å². The van der Waals surface area contributed by atoms with Crippen molar-refractivity contribution < 1.29 is 4.79 Å². The molecule has 26 heavy (non-hydrogen) atoms. The number of carbonyl (C=O) groups is 1. The molecule has 0 spiro atoms. The van der Waals surface area contributed by atoms with Gasteiger partial charge >= 0.3 is 0 Å². The molecule has 1 atom stereocenters. The Hall–Kier alpha value is -1.51. The van der Waals surface area contributed by atoms with Crippen molar-refractivity contribution in [1.82, 2.24) is 14.8 Å². The number of benzene rings is 2. The zero-order valence-corrected chi connectivity index (χ0v) is 17.5. The van der Waals surface area contributed by atoms with Crippen LogP contribution in [-0.4, -0.2) is 46.9 Å². The minimum absolute atomic E-state index is 0.133. The number of amides is 1. The predicted octanol–water partition coefficient (Wildman–Crippen LogP) is 4.42. The lowest BCUT2D eigenvalue weighted by Gasteiger charge is -2.37. The Morgan fingerprint density at radius 3 is 2.46 bits per heavy atom. The third-order valence-electron chi connectivity index (χ3n) is 4.91. The molecule has 1 saturated heterocycles. The molecule has 1 amide bonds. The molecule has 2 heterocycles. The van der Waals surface area contributed by atoms with Crippen molar-refractivity contribution in [3.05, 3.63) is 62.7 Å². The van der Waals surface area contributed by atoms with E-state index in [1.54, 1.807) is 11.3 Å². The van der Waals surface area contributed by atoms with Gasteiger partial charge in [-0.3, -0.25) is 9.69 Å². The highest BCUT2D eigenvalue weighted by Gasteiger charge is 2.26. The number of hydrogen-bond donors (Lipinski definition) is 0. The molecule has 4 rings (SSSR count). The minimum Gasteiger partial charge on any atom is -0.336 e. The van der Waals surface area contributed by atoms with E-state index in [4.69, 9.17) is 4.98 Å². The largest absolute Gasteiger partial charge is 0.336 e. The second kappa shape index (κ2) is 7.62. The summed E-state index contributed by atoms with van der Waals surface area (Å²) in [7, 11) is 0. The first-order valence-electron chi connectivity index (χ1n) is 8.76.